The molecule has 0 atom stereocenters. The van der Waals surface area contributed by atoms with Gasteiger partial charge in [-0.25, -0.2) is 4.98 Å². The van der Waals surface area contributed by atoms with Crippen molar-refractivity contribution >= 4 is 16.9 Å². The minimum atomic E-state index is 0.0179. The fourth-order valence-corrected chi connectivity index (χ4v) is 4.18. The molecule has 0 radical (unpaired) electrons. The third-order valence-corrected chi connectivity index (χ3v) is 5.74. The molecule has 0 unspecified atom stereocenters. The van der Waals surface area contributed by atoms with Gasteiger partial charge in [0.1, 0.15) is 5.82 Å². The average molecular weight is 405 g/mol. The Morgan fingerprint density at radius 1 is 1.23 bits per heavy atom. The quantitative estimate of drug-likeness (QED) is 0.620. The molecule has 1 aliphatic heterocycles. The number of carbonyl (C=O) groups excluding carboxylic acids is 1. The predicted octanol–water partition coefficient (Wildman–Crippen LogP) is 4.33. The second-order valence-electron chi connectivity index (χ2n) is 7.57. The summed E-state index contributed by atoms with van der Waals surface area (Å²) in [6.45, 7) is 5.20. The van der Waals surface area contributed by atoms with Crippen molar-refractivity contribution < 1.29 is 14.3 Å². The molecule has 1 amide bonds. The van der Waals surface area contributed by atoms with Crippen molar-refractivity contribution in [1.29, 1.82) is 0 Å². The smallest absolute Gasteiger partial charge is 0.254 e. The van der Waals surface area contributed by atoms with Crippen LogP contribution >= 0.6 is 0 Å². The topological polar surface area (TPSA) is 67.5 Å². The molecule has 30 heavy (non-hydrogen) atoms. The van der Waals surface area contributed by atoms with E-state index >= 15 is 0 Å². The molecule has 6 heteroatoms. The molecule has 2 heterocycles. The number of methoxy groups -OCH3 is 2. The van der Waals surface area contributed by atoms with Gasteiger partial charge in [0.05, 0.1) is 25.3 Å². The predicted molar refractivity (Wildman–Crippen MR) is 117 cm³/mol. The number of benzene rings is 2. The molecule has 1 saturated heterocycles. The number of amides is 1. The molecular formula is C24H27N3O3. The lowest BCUT2D eigenvalue weighted by Crippen LogP contribution is -2.38. The van der Waals surface area contributed by atoms with E-state index in [0.717, 1.165) is 35.3 Å². The molecule has 4 rings (SSSR count). The van der Waals surface area contributed by atoms with Gasteiger partial charge < -0.3 is 19.4 Å². The van der Waals surface area contributed by atoms with Gasteiger partial charge in [-0.1, -0.05) is 18.2 Å². The zero-order chi connectivity index (χ0) is 21.1. The minimum Gasteiger partial charge on any atom is -0.493 e. The number of rotatable bonds is 6. The number of likely N-dealkylation sites (tertiary alicyclic amines) is 1. The number of para-hydroxylation sites is 2. The van der Waals surface area contributed by atoms with Crippen molar-refractivity contribution in [3.63, 3.8) is 0 Å². The number of H-pyrrole nitrogens is 1. The number of piperidine rings is 1. The zero-order valence-corrected chi connectivity index (χ0v) is 17.5. The second kappa shape index (κ2) is 8.61. The number of hydrogen-bond donors (Lipinski definition) is 1. The molecule has 1 fully saturated rings. The highest BCUT2D eigenvalue weighted by Gasteiger charge is 2.27. The minimum absolute atomic E-state index is 0.0179. The fourth-order valence-electron chi connectivity index (χ4n) is 4.18. The van der Waals surface area contributed by atoms with E-state index in [4.69, 9.17) is 14.5 Å². The van der Waals surface area contributed by atoms with E-state index in [0.29, 0.717) is 42.5 Å². The van der Waals surface area contributed by atoms with Crippen LogP contribution in [0.25, 0.3) is 11.0 Å². The lowest BCUT2D eigenvalue weighted by atomic mass is 9.95. The van der Waals surface area contributed by atoms with Gasteiger partial charge in [0.15, 0.2) is 11.5 Å². The summed E-state index contributed by atoms with van der Waals surface area (Å²) in [5.41, 5.74) is 3.57. The summed E-state index contributed by atoms with van der Waals surface area (Å²) in [4.78, 5) is 23.3. The molecular weight excluding hydrogens is 378 g/mol. The van der Waals surface area contributed by atoms with E-state index in [-0.39, 0.29) is 5.91 Å². The Bertz CT molecular complexity index is 1030. The molecule has 1 aliphatic rings. The fraction of sp³-hybridized carbons (Fsp3) is 0.333. The van der Waals surface area contributed by atoms with Gasteiger partial charge in [-0.05, 0) is 43.5 Å². The summed E-state index contributed by atoms with van der Waals surface area (Å²) in [5, 5.41) is 0. The number of ether oxygens (including phenoxy) is 2. The van der Waals surface area contributed by atoms with Crippen LogP contribution in [0.3, 0.4) is 0 Å². The van der Waals surface area contributed by atoms with Crippen molar-refractivity contribution in [3.8, 4) is 11.5 Å². The van der Waals surface area contributed by atoms with Crippen LogP contribution in [0.2, 0.25) is 0 Å². The Morgan fingerprint density at radius 3 is 2.67 bits per heavy atom. The normalized spacial score (nSPS) is 14.7. The van der Waals surface area contributed by atoms with Crippen LogP contribution in [0.15, 0.2) is 49.1 Å². The first kappa shape index (κ1) is 20.0. The van der Waals surface area contributed by atoms with Crippen LogP contribution < -0.4 is 9.47 Å². The van der Waals surface area contributed by atoms with Gasteiger partial charge in [0.2, 0.25) is 0 Å². The van der Waals surface area contributed by atoms with Crippen LogP contribution in [-0.4, -0.2) is 48.1 Å². The lowest BCUT2D eigenvalue weighted by Gasteiger charge is -2.31. The summed E-state index contributed by atoms with van der Waals surface area (Å²) in [7, 11) is 3.19. The Balaban J connectivity index is 1.50. The average Bonchev–Trinajstić information content (AvgIpc) is 3.22. The second-order valence-corrected chi connectivity index (χ2v) is 7.57. The van der Waals surface area contributed by atoms with Crippen LogP contribution in [0.4, 0.5) is 0 Å². The van der Waals surface area contributed by atoms with E-state index in [2.05, 4.69) is 11.6 Å². The number of nitrogens with one attached hydrogen (secondary N) is 1. The van der Waals surface area contributed by atoms with Crippen LogP contribution in [-0.2, 0) is 6.42 Å². The molecule has 2 aromatic carbocycles. The van der Waals surface area contributed by atoms with Crippen molar-refractivity contribution in [3.05, 3.63) is 66.0 Å². The van der Waals surface area contributed by atoms with Gasteiger partial charge in [-0.3, -0.25) is 4.79 Å². The number of imidazole rings is 1. The maximum atomic E-state index is 13.2. The molecule has 156 valence electrons. The van der Waals surface area contributed by atoms with Gasteiger partial charge >= 0.3 is 0 Å². The third-order valence-electron chi connectivity index (χ3n) is 5.74. The van der Waals surface area contributed by atoms with Gasteiger partial charge in [-0.2, -0.15) is 0 Å². The molecule has 0 spiro atoms. The molecule has 0 saturated carbocycles. The maximum absolute atomic E-state index is 13.2. The summed E-state index contributed by atoms with van der Waals surface area (Å²) >= 11 is 0. The molecule has 0 bridgehead atoms. The first-order valence-corrected chi connectivity index (χ1v) is 10.2. The number of aromatic amines is 1. The van der Waals surface area contributed by atoms with Crippen molar-refractivity contribution in [2.24, 2.45) is 0 Å². The lowest BCUT2D eigenvalue weighted by molar-refractivity contribution is 0.0710. The molecule has 1 aromatic heterocycles. The Hall–Kier alpha value is -3.28. The highest BCUT2D eigenvalue weighted by Crippen LogP contribution is 2.34. The van der Waals surface area contributed by atoms with Crippen LogP contribution in [0, 0.1) is 0 Å². The van der Waals surface area contributed by atoms with E-state index in [1.807, 2.05) is 35.2 Å². The number of fused-ring (bicyclic) bond motifs is 1. The third kappa shape index (κ3) is 3.77. The number of carbonyl (C=O) groups is 1. The van der Waals surface area contributed by atoms with E-state index < -0.39 is 0 Å². The Kier molecular flexibility index (Phi) is 5.74. The first-order chi connectivity index (χ1) is 14.6. The maximum Gasteiger partial charge on any atom is 0.254 e. The highest BCUT2D eigenvalue weighted by atomic mass is 16.5. The van der Waals surface area contributed by atoms with E-state index in [1.165, 1.54) is 0 Å². The number of nitrogens with zero attached hydrogens (tertiary/aromatic N) is 2. The van der Waals surface area contributed by atoms with Gasteiger partial charge in [-0.15, -0.1) is 6.58 Å². The summed E-state index contributed by atoms with van der Waals surface area (Å²) < 4.78 is 10.9. The number of allylic oxidation sites excluding steroid dienone is 1. The Labute approximate surface area is 176 Å². The molecule has 3 aromatic rings. The van der Waals surface area contributed by atoms with E-state index in [9.17, 15) is 4.79 Å². The highest BCUT2D eigenvalue weighted by molar-refractivity contribution is 5.95. The summed E-state index contributed by atoms with van der Waals surface area (Å²) in [5.74, 6) is 2.59. The standard InChI is InChI=1S/C24H27N3O3/c1-4-7-17-14-18(15-21(29-2)22(17)30-3)24(28)27-12-10-16(11-13-27)23-25-19-8-5-6-9-20(19)26-23/h4-6,8-9,14-16H,1,7,10-13H2,2-3H3,(H,25,26). The molecule has 1 N–H and O–H groups in total. The Morgan fingerprint density at radius 2 is 2.00 bits per heavy atom. The van der Waals surface area contributed by atoms with Gasteiger partial charge in [0.25, 0.3) is 5.91 Å². The van der Waals surface area contributed by atoms with Crippen LogP contribution in [0.5, 0.6) is 11.5 Å². The van der Waals surface area contributed by atoms with Crippen molar-refractivity contribution in [2.75, 3.05) is 27.3 Å². The van der Waals surface area contributed by atoms with E-state index in [1.54, 1.807) is 26.4 Å². The summed E-state index contributed by atoms with van der Waals surface area (Å²) in [6.07, 6.45) is 4.18. The largest absolute Gasteiger partial charge is 0.493 e. The van der Waals surface area contributed by atoms with Crippen LogP contribution in [0.1, 0.15) is 40.5 Å². The SMILES string of the molecule is C=CCc1cc(C(=O)N2CCC(c3nc4ccccc4[nH]3)CC2)cc(OC)c1OC. The zero-order valence-electron chi connectivity index (χ0n) is 17.5. The summed E-state index contributed by atoms with van der Waals surface area (Å²) in [6, 6.07) is 11.7. The first-order valence-electron chi connectivity index (χ1n) is 10.2. The monoisotopic (exact) mass is 405 g/mol. The molecule has 0 aliphatic carbocycles. The van der Waals surface area contributed by atoms with Gasteiger partial charge in [0, 0.05) is 30.1 Å². The van der Waals surface area contributed by atoms with Crippen molar-refractivity contribution in [2.45, 2.75) is 25.2 Å². The number of hydrogen-bond acceptors (Lipinski definition) is 4. The van der Waals surface area contributed by atoms with Crippen molar-refractivity contribution in [1.82, 2.24) is 14.9 Å². The molecule has 6 nitrogen and oxygen atoms in total. The number of aromatic nitrogens is 2.